The first-order valence-electron chi connectivity index (χ1n) is 3.20. The maximum absolute atomic E-state index is 4.81. The van der Waals surface area contributed by atoms with E-state index in [1.807, 2.05) is 12.1 Å². The van der Waals surface area contributed by atoms with Crippen LogP contribution in [0.25, 0.3) is 0 Å². The number of fused-ring (bicyclic) bond motifs is 1. The molecule has 0 fully saturated rings. The predicted octanol–water partition coefficient (Wildman–Crippen LogP) is 0.948. The van der Waals surface area contributed by atoms with Crippen LogP contribution in [-0.4, -0.2) is 11.6 Å². The summed E-state index contributed by atoms with van der Waals surface area (Å²) in [7, 11) is 0. The van der Waals surface area contributed by atoms with Crippen molar-refractivity contribution in [2.45, 2.75) is 6.42 Å². The van der Waals surface area contributed by atoms with Crippen LogP contribution in [0.2, 0.25) is 0 Å². The van der Waals surface area contributed by atoms with Crippen molar-refractivity contribution in [2.24, 2.45) is 0 Å². The third-order valence-corrected chi connectivity index (χ3v) is 1.44. The van der Waals surface area contributed by atoms with Crippen molar-refractivity contribution < 1.29 is 9.78 Å². The molecule has 3 nitrogen and oxygen atoms in total. The van der Waals surface area contributed by atoms with Crippen LogP contribution in [0.4, 0.5) is 0 Å². The fraction of sp³-hybridized carbons (Fsp3) is 0.286. The molecule has 3 heteroatoms. The summed E-state index contributed by atoms with van der Waals surface area (Å²) in [6, 6.07) is 3.89. The van der Waals surface area contributed by atoms with Crippen molar-refractivity contribution in [2.75, 3.05) is 6.61 Å². The third-order valence-electron chi connectivity index (χ3n) is 1.44. The van der Waals surface area contributed by atoms with E-state index in [4.69, 9.17) is 9.78 Å². The van der Waals surface area contributed by atoms with E-state index in [-0.39, 0.29) is 0 Å². The van der Waals surface area contributed by atoms with Crippen molar-refractivity contribution >= 4 is 0 Å². The van der Waals surface area contributed by atoms with E-state index >= 15 is 0 Å². The molecule has 0 amide bonds. The third kappa shape index (κ3) is 0.844. The standard InChI is InChI=1S/C7H7NO2/c1-2-6-3-5-9-10-7(6)8-4-1/h1-2,4H,3,5H2. The lowest BCUT2D eigenvalue weighted by molar-refractivity contribution is -0.218. The highest BCUT2D eigenvalue weighted by Gasteiger charge is 2.10. The van der Waals surface area contributed by atoms with Crippen LogP contribution in [0.1, 0.15) is 5.56 Å². The summed E-state index contributed by atoms with van der Waals surface area (Å²) < 4.78 is 0. The molecule has 1 aromatic heterocycles. The van der Waals surface area contributed by atoms with Gasteiger partial charge in [0.15, 0.2) is 0 Å². The highest BCUT2D eigenvalue weighted by molar-refractivity contribution is 5.25. The second kappa shape index (κ2) is 2.27. The Bertz CT molecular complexity index is 212. The van der Waals surface area contributed by atoms with Gasteiger partial charge in [-0.05, 0) is 6.07 Å². The molecule has 0 atom stereocenters. The van der Waals surface area contributed by atoms with Crippen LogP contribution in [0, 0.1) is 0 Å². The quantitative estimate of drug-likeness (QED) is 0.499. The zero-order valence-corrected chi connectivity index (χ0v) is 5.41. The van der Waals surface area contributed by atoms with E-state index in [1.54, 1.807) is 6.20 Å². The molecule has 0 aliphatic carbocycles. The van der Waals surface area contributed by atoms with E-state index < -0.39 is 0 Å². The molecule has 1 aliphatic heterocycles. The van der Waals surface area contributed by atoms with Gasteiger partial charge in [-0.1, -0.05) is 6.07 Å². The Hall–Kier alpha value is -1.09. The second-order valence-corrected chi connectivity index (χ2v) is 2.12. The fourth-order valence-corrected chi connectivity index (χ4v) is 0.939. The Morgan fingerprint density at radius 2 is 2.50 bits per heavy atom. The average molecular weight is 137 g/mol. The number of pyridine rings is 1. The number of hydrogen-bond donors (Lipinski definition) is 0. The molecular weight excluding hydrogens is 130 g/mol. The summed E-state index contributed by atoms with van der Waals surface area (Å²) in [6.07, 6.45) is 2.58. The monoisotopic (exact) mass is 137 g/mol. The summed E-state index contributed by atoms with van der Waals surface area (Å²) in [5.41, 5.74) is 1.12. The van der Waals surface area contributed by atoms with Gasteiger partial charge < -0.3 is 4.89 Å². The van der Waals surface area contributed by atoms with Crippen LogP contribution in [0.15, 0.2) is 18.3 Å². The predicted molar refractivity (Wildman–Crippen MR) is 34.5 cm³/mol. The lowest BCUT2D eigenvalue weighted by Crippen LogP contribution is -2.11. The van der Waals surface area contributed by atoms with Crippen LogP contribution in [0.5, 0.6) is 5.88 Å². The lowest BCUT2D eigenvalue weighted by atomic mass is 10.2. The first-order valence-corrected chi connectivity index (χ1v) is 3.20. The minimum Gasteiger partial charge on any atom is -0.317 e. The molecule has 2 rings (SSSR count). The molecule has 0 unspecified atom stereocenters. The normalized spacial score (nSPS) is 15.6. The van der Waals surface area contributed by atoms with Gasteiger partial charge in [0, 0.05) is 18.2 Å². The Morgan fingerprint density at radius 3 is 3.40 bits per heavy atom. The van der Waals surface area contributed by atoms with Crippen LogP contribution in [0.3, 0.4) is 0 Å². The summed E-state index contributed by atoms with van der Waals surface area (Å²) in [4.78, 5) is 13.5. The molecular formula is C7H7NO2. The van der Waals surface area contributed by atoms with Crippen LogP contribution >= 0.6 is 0 Å². The fourth-order valence-electron chi connectivity index (χ4n) is 0.939. The molecule has 10 heavy (non-hydrogen) atoms. The van der Waals surface area contributed by atoms with Crippen molar-refractivity contribution in [3.8, 4) is 5.88 Å². The smallest absolute Gasteiger partial charge is 0.259 e. The largest absolute Gasteiger partial charge is 0.317 e. The van der Waals surface area contributed by atoms with Crippen molar-refractivity contribution in [3.63, 3.8) is 0 Å². The minimum atomic E-state index is 0.605. The molecule has 0 N–H and O–H groups in total. The van der Waals surface area contributed by atoms with Gasteiger partial charge in [-0.25, -0.2) is 4.98 Å². The maximum atomic E-state index is 4.81. The average Bonchev–Trinajstić information content (AvgIpc) is 2.05. The molecule has 0 saturated carbocycles. The zero-order chi connectivity index (χ0) is 6.81. The van der Waals surface area contributed by atoms with Crippen molar-refractivity contribution in [1.29, 1.82) is 0 Å². The highest BCUT2D eigenvalue weighted by atomic mass is 17.2. The van der Waals surface area contributed by atoms with Gasteiger partial charge >= 0.3 is 0 Å². The Morgan fingerprint density at radius 1 is 1.50 bits per heavy atom. The molecule has 2 heterocycles. The number of nitrogens with zero attached hydrogens (tertiary/aromatic N) is 1. The van der Waals surface area contributed by atoms with Crippen molar-refractivity contribution in [1.82, 2.24) is 4.98 Å². The molecule has 0 radical (unpaired) electrons. The van der Waals surface area contributed by atoms with E-state index in [0.717, 1.165) is 12.0 Å². The summed E-state index contributed by atoms with van der Waals surface area (Å²) in [5.74, 6) is 0.605. The summed E-state index contributed by atoms with van der Waals surface area (Å²) >= 11 is 0. The zero-order valence-electron chi connectivity index (χ0n) is 5.41. The van der Waals surface area contributed by atoms with E-state index in [9.17, 15) is 0 Å². The molecule has 0 spiro atoms. The Labute approximate surface area is 58.5 Å². The second-order valence-electron chi connectivity index (χ2n) is 2.12. The van der Waals surface area contributed by atoms with Gasteiger partial charge in [0.05, 0.1) is 6.61 Å². The van der Waals surface area contributed by atoms with Crippen molar-refractivity contribution in [3.05, 3.63) is 23.9 Å². The molecule has 0 saturated heterocycles. The Balaban J connectivity index is 2.41. The van der Waals surface area contributed by atoms with Gasteiger partial charge in [-0.3, -0.25) is 0 Å². The van der Waals surface area contributed by atoms with Crippen LogP contribution in [-0.2, 0) is 11.3 Å². The highest BCUT2D eigenvalue weighted by Crippen LogP contribution is 2.18. The maximum Gasteiger partial charge on any atom is 0.259 e. The summed E-state index contributed by atoms with van der Waals surface area (Å²) in [5, 5.41) is 0. The molecule has 1 aromatic rings. The van der Waals surface area contributed by atoms with E-state index in [2.05, 4.69) is 4.98 Å². The minimum absolute atomic E-state index is 0.605. The molecule has 0 aromatic carbocycles. The van der Waals surface area contributed by atoms with Gasteiger partial charge in [0.2, 0.25) is 0 Å². The van der Waals surface area contributed by atoms with E-state index in [0.29, 0.717) is 12.5 Å². The SMILES string of the molecule is c1cnc2c(c1)CCOO2. The number of rotatable bonds is 0. The topological polar surface area (TPSA) is 31.4 Å². The van der Waals surface area contributed by atoms with Gasteiger partial charge in [-0.2, -0.15) is 4.89 Å². The number of hydrogen-bond acceptors (Lipinski definition) is 3. The van der Waals surface area contributed by atoms with E-state index in [1.165, 1.54) is 0 Å². The molecule has 1 aliphatic rings. The number of aromatic nitrogens is 1. The van der Waals surface area contributed by atoms with Gasteiger partial charge in [0.25, 0.3) is 5.88 Å². The first-order chi connectivity index (χ1) is 4.97. The van der Waals surface area contributed by atoms with Gasteiger partial charge in [-0.15, -0.1) is 0 Å². The molecule has 0 bridgehead atoms. The molecule has 52 valence electrons. The van der Waals surface area contributed by atoms with Gasteiger partial charge in [0.1, 0.15) is 0 Å². The first kappa shape index (κ1) is 5.68. The van der Waals surface area contributed by atoms with Crippen LogP contribution < -0.4 is 4.89 Å². The summed E-state index contributed by atoms with van der Waals surface area (Å²) in [6.45, 7) is 0.624. The Kier molecular flexibility index (Phi) is 1.29. The lowest BCUT2D eigenvalue weighted by Gasteiger charge is -2.12.